The van der Waals surface area contributed by atoms with Gasteiger partial charge in [-0.3, -0.25) is 9.59 Å². The number of ether oxygens (including phenoxy) is 1. The minimum Gasteiger partial charge on any atom is -0.487 e. The lowest BCUT2D eigenvalue weighted by Crippen LogP contribution is -2.45. The van der Waals surface area contributed by atoms with Crippen molar-refractivity contribution in [2.24, 2.45) is 0 Å². The van der Waals surface area contributed by atoms with E-state index in [1.165, 1.54) is 12.1 Å². The average molecular weight is 703 g/mol. The number of piperazine rings is 2. The van der Waals surface area contributed by atoms with Crippen molar-refractivity contribution < 1.29 is 17.9 Å². The summed E-state index contributed by atoms with van der Waals surface area (Å²) in [6.45, 7) is 8.75. The molecule has 4 aliphatic rings. The van der Waals surface area contributed by atoms with Crippen molar-refractivity contribution in [2.75, 3.05) is 88.6 Å². The highest BCUT2D eigenvalue weighted by atomic mass is 32.2. The van der Waals surface area contributed by atoms with Gasteiger partial charge in [0.05, 0.1) is 38.4 Å². The molecule has 0 amide bonds. The van der Waals surface area contributed by atoms with E-state index in [1.54, 1.807) is 24.2 Å². The van der Waals surface area contributed by atoms with Crippen molar-refractivity contribution in [1.29, 1.82) is 0 Å². The number of likely N-dealkylation sites (N-methyl/N-ethyl adjacent to an activating group) is 2. The third-order valence-corrected chi connectivity index (χ3v) is 11.6. The van der Waals surface area contributed by atoms with Gasteiger partial charge < -0.3 is 37.9 Å². The van der Waals surface area contributed by atoms with Crippen molar-refractivity contribution in [2.45, 2.75) is 24.4 Å². The molecule has 3 aromatic heterocycles. The lowest BCUT2D eigenvalue weighted by Gasteiger charge is -2.37. The van der Waals surface area contributed by atoms with Crippen LogP contribution in [0.1, 0.15) is 13.0 Å². The standard InChI is InChI=1S/C35H36F2N8O4S/c1-19-18-48-32-26-20(14-24(36)28(32)42-8-4-40(2)5-9-42)30(46)23(17-45(19)26)35-39-38-34(49-35)22-16-44-12-13-50-33-27(44)21(31(22)47)15-25(37)29(33)43-10-6-41(3)7-11-43/h14-17,19H,4-13,18H2,1-3H3. The van der Waals surface area contributed by atoms with Gasteiger partial charge in [0, 0.05) is 77.0 Å². The number of aryl methyl sites for hydroxylation is 1. The molecule has 2 aromatic carbocycles. The van der Waals surface area contributed by atoms with E-state index < -0.39 is 22.5 Å². The molecule has 1 unspecified atom stereocenters. The smallest absolute Gasteiger partial charge is 0.253 e. The van der Waals surface area contributed by atoms with E-state index in [2.05, 4.69) is 31.9 Å². The highest BCUT2D eigenvalue weighted by molar-refractivity contribution is 7.99. The van der Waals surface area contributed by atoms with E-state index in [0.717, 1.165) is 31.1 Å². The van der Waals surface area contributed by atoms with Gasteiger partial charge in [-0.15, -0.1) is 22.0 Å². The fourth-order valence-corrected chi connectivity index (χ4v) is 8.87. The Labute approximate surface area is 289 Å². The van der Waals surface area contributed by atoms with Crippen LogP contribution >= 0.6 is 11.8 Å². The molecule has 2 fully saturated rings. The zero-order chi connectivity index (χ0) is 34.4. The molecule has 5 aromatic rings. The summed E-state index contributed by atoms with van der Waals surface area (Å²) in [5, 5.41) is 8.77. The van der Waals surface area contributed by atoms with E-state index in [-0.39, 0.29) is 46.3 Å². The first-order chi connectivity index (χ1) is 24.2. The first-order valence-corrected chi connectivity index (χ1v) is 17.9. The number of anilines is 2. The van der Waals surface area contributed by atoms with Crippen LogP contribution in [0.5, 0.6) is 5.75 Å². The summed E-state index contributed by atoms with van der Waals surface area (Å²) in [6, 6.07) is 2.42. The quantitative estimate of drug-likeness (QED) is 0.273. The summed E-state index contributed by atoms with van der Waals surface area (Å²) in [7, 11) is 4.09. The number of rotatable bonds is 4. The topological polar surface area (TPSA) is 105 Å². The molecule has 0 N–H and O–H groups in total. The SMILES string of the molecule is CC1COc2c(N3CCN(C)CC3)c(F)cc3c(=O)c(-c4nnc(-c5cn6c7c(c(N8CCN(C)CC8)c(F)cc7c5=O)SCC6)o4)cn1c23. The Bertz CT molecular complexity index is 2320. The molecular weight excluding hydrogens is 667 g/mol. The fourth-order valence-electron chi connectivity index (χ4n) is 7.65. The number of pyridine rings is 2. The minimum atomic E-state index is -0.530. The van der Waals surface area contributed by atoms with E-state index in [4.69, 9.17) is 9.15 Å². The van der Waals surface area contributed by atoms with Crippen LogP contribution in [0.25, 0.3) is 44.7 Å². The van der Waals surface area contributed by atoms with Crippen LogP contribution in [0.2, 0.25) is 0 Å². The Hall–Kier alpha value is -4.47. The maximum absolute atomic E-state index is 15.9. The van der Waals surface area contributed by atoms with E-state index >= 15 is 8.78 Å². The van der Waals surface area contributed by atoms with Crippen LogP contribution < -0.4 is 25.4 Å². The Morgan fingerprint density at radius 3 is 1.96 bits per heavy atom. The molecule has 7 heterocycles. The largest absolute Gasteiger partial charge is 0.487 e. The van der Waals surface area contributed by atoms with Crippen LogP contribution in [0.3, 0.4) is 0 Å². The van der Waals surface area contributed by atoms with E-state index in [0.29, 0.717) is 66.6 Å². The molecule has 0 saturated carbocycles. The first kappa shape index (κ1) is 31.5. The van der Waals surface area contributed by atoms with Crippen molar-refractivity contribution in [1.82, 2.24) is 29.1 Å². The molecular formula is C35H36F2N8O4S. The second-order valence-electron chi connectivity index (χ2n) is 13.7. The molecule has 1 atom stereocenters. The highest BCUT2D eigenvalue weighted by Crippen LogP contribution is 2.44. The number of nitrogens with zero attached hydrogens (tertiary/aromatic N) is 8. The number of thioether (sulfide) groups is 1. The zero-order valence-corrected chi connectivity index (χ0v) is 28.9. The molecule has 9 rings (SSSR count). The summed E-state index contributed by atoms with van der Waals surface area (Å²) in [5.41, 5.74) is 1.42. The third kappa shape index (κ3) is 4.84. The maximum atomic E-state index is 15.9. The lowest BCUT2D eigenvalue weighted by molar-refractivity contribution is 0.245. The Morgan fingerprint density at radius 1 is 0.760 bits per heavy atom. The van der Waals surface area contributed by atoms with Crippen molar-refractivity contribution in [3.63, 3.8) is 0 Å². The van der Waals surface area contributed by atoms with Gasteiger partial charge in [-0.25, -0.2) is 8.78 Å². The van der Waals surface area contributed by atoms with E-state index in [1.807, 2.05) is 28.0 Å². The molecule has 0 radical (unpaired) electrons. The number of aromatic nitrogens is 4. The Balaban J connectivity index is 1.14. The van der Waals surface area contributed by atoms with Crippen molar-refractivity contribution >= 4 is 44.9 Å². The van der Waals surface area contributed by atoms with Gasteiger partial charge in [-0.05, 0) is 33.2 Å². The number of halogens is 2. The number of benzene rings is 2. The van der Waals surface area contributed by atoms with Gasteiger partial charge in [0.2, 0.25) is 10.9 Å². The summed E-state index contributed by atoms with van der Waals surface area (Å²) in [5.74, 6) is -0.0704. The van der Waals surface area contributed by atoms with Crippen LogP contribution in [0.15, 0.2) is 43.4 Å². The second-order valence-corrected chi connectivity index (χ2v) is 14.8. The summed E-state index contributed by atoms with van der Waals surface area (Å²) in [4.78, 5) is 37.2. The third-order valence-electron chi connectivity index (χ3n) is 10.5. The molecule has 12 nitrogen and oxygen atoms in total. The normalized spacial score (nSPS) is 19.8. The predicted octanol–water partition coefficient (Wildman–Crippen LogP) is 3.87. The summed E-state index contributed by atoms with van der Waals surface area (Å²) in [6.07, 6.45) is 3.34. The monoisotopic (exact) mass is 702 g/mol. The highest BCUT2D eigenvalue weighted by Gasteiger charge is 2.32. The van der Waals surface area contributed by atoms with Gasteiger partial charge in [-0.2, -0.15) is 0 Å². The molecule has 15 heteroatoms. The van der Waals surface area contributed by atoms with Gasteiger partial charge in [0.15, 0.2) is 11.6 Å². The Morgan fingerprint density at radius 2 is 1.32 bits per heavy atom. The maximum Gasteiger partial charge on any atom is 0.253 e. The molecule has 4 aliphatic heterocycles. The van der Waals surface area contributed by atoms with E-state index in [9.17, 15) is 9.59 Å². The lowest BCUT2D eigenvalue weighted by atomic mass is 10.1. The average Bonchev–Trinajstić information content (AvgIpc) is 3.59. The minimum absolute atomic E-state index is 0.0780. The van der Waals surface area contributed by atoms with Gasteiger partial charge in [0.1, 0.15) is 29.2 Å². The number of hydrogen-bond donors (Lipinski definition) is 0. The zero-order valence-electron chi connectivity index (χ0n) is 28.0. The fraction of sp³-hybridized carbons (Fsp3) is 0.429. The summed E-state index contributed by atoms with van der Waals surface area (Å²) >= 11 is 1.57. The molecule has 0 spiro atoms. The first-order valence-electron chi connectivity index (χ1n) is 17.0. The van der Waals surface area contributed by atoms with Gasteiger partial charge in [0.25, 0.3) is 11.8 Å². The second kappa shape index (κ2) is 11.8. The predicted molar refractivity (Wildman–Crippen MR) is 189 cm³/mol. The van der Waals surface area contributed by atoms with Crippen LogP contribution in [-0.4, -0.2) is 108 Å². The molecule has 260 valence electrons. The van der Waals surface area contributed by atoms with Crippen molar-refractivity contribution in [3.05, 3.63) is 56.6 Å². The van der Waals surface area contributed by atoms with Crippen LogP contribution in [0, 0.1) is 11.6 Å². The molecule has 50 heavy (non-hydrogen) atoms. The number of hydrogen-bond acceptors (Lipinski definition) is 11. The molecule has 0 aliphatic carbocycles. The van der Waals surface area contributed by atoms with Crippen LogP contribution in [-0.2, 0) is 6.54 Å². The Kier molecular flexibility index (Phi) is 7.44. The van der Waals surface area contributed by atoms with Crippen LogP contribution in [0.4, 0.5) is 20.2 Å². The van der Waals surface area contributed by atoms with Gasteiger partial charge >= 0.3 is 0 Å². The van der Waals surface area contributed by atoms with Gasteiger partial charge in [-0.1, -0.05) is 0 Å². The van der Waals surface area contributed by atoms with Crippen molar-refractivity contribution in [3.8, 4) is 28.7 Å². The molecule has 2 saturated heterocycles. The molecule has 0 bridgehead atoms. The summed E-state index contributed by atoms with van der Waals surface area (Å²) < 4.78 is 47.8.